The Morgan fingerprint density at radius 2 is 2.32 bits per heavy atom. The lowest BCUT2D eigenvalue weighted by atomic mass is 9.83. The van der Waals surface area contributed by atoms with E-state index >= 15 is 0 Å². The third kappa shape index (κ3) is 4.48. The maximum absolute atomic E-state index is 13.0. The van der Waals surface area contributed by atoms with Crippen LogP contribution in [0.5, 0.6) is 0 Å². The molecular weight excluding hydrogens is 267 g/mol. The van der Waals surface area contributed by atoms with E-state index in [0.717, 1.165) is 25.9 Å². The van der Waals surface area contributed by atoms with Gasteiger partial charge in [-0.1, -0.05) is 13.0 Å². The van der Waals surface area contributed by atoms with E-state index in [1.807, 2.05) is 0 Å². The van der Waals surface area contributed by atoms with Gasteiger partial charge in [-0.05, 0) is 43.0 Å². The van der Waals surface area contributed by atoms with Gasteiger partial charge >= 0.3 is 0 Å². The first-order chi connectivity index (χ1) is 8.59. The predicted octanol–water partition coefficient (Wildman–Crippen LogP) is 2.37. The van der Waals surface area contributed by atoms with Gasteiger partial charge < -0.3 is 10.6 Å². The number of benzene rings is 1. The molecule has 1 atom stereocenters. The van der Waals surface area contributed by atoms with Crippen molar-refractivity contribution in [1.82, 2.24) is 10.6 Å². The van der Waals surface area contributed by atoms with Crippen molar-refractivity contribution >= 4 is 18.3 Å². The molecule has 1 unspecified atom stereocenters. The van der Waals surface area contributed by atoms with Crippen molar-refractivity contribution in [2.45, 2.75) is 19.8 Å². The maximum atomic E-state index is 13.0. The molecule has 1 fully saturated rings. The minimum Gasteiger partial charge on any atom is -0.351 e. The summed E-state index contributed by atoms with van der Waals surface area (Å²) in [6.45, 7) is 4.74. The molecule has 0 aromatic heterocycles. The molecule has 1 aliphatic heterocycles. The third-order valence-corrected chi connectivity index (χ3v) is 3.45. The monoisotopic (exact) mass is 286 g/mol. The van der Waals surface area contributed by atoms with E-state index in [4.69, 9.17) is 0 Å². The van der Waals surface area contributed by atoms with Crippen LogP contribution in [0, 0.1) is 11.2 Å². The van der Waals surface area contributed by atoms with Crippen molar-refractivity contribution in [3.8, 4) is 0 Å². The van der Waals surface area contributed by atoms with Crippen LogP contribution >= 0.6 is 12.4 Å². The van der Waals surface area contributed by atoms with Gasteiger partial charge in [-0.3, -0.25) is 4.79 Å². The van der Waals surface area contributed by atoms with Crippen LogP contribution in [0.15, 0.2) is 24.3 Å². The summed E-state index contributed by atoms with van der Waals surface area (Å²) in [7, 11) is 0. The first-order valence-electron chi connectivity index (χ1n) is 6.34. The van der Waals surface area contributed by atoms with Gasteiger partial charge in [0, 0.05) is 18.7 Å². The lowest BCUT2D eigenvalue weighted by Gasteiger charge is -2.34. The van der Waals surface area contributed by atoms with Crippen LogP contribution < -0.4 is 10.6 Å². The molecule has 1 saturated heterocycles. The Bertz CT molecular complexity index is 433. The van der Waals surface area contributed by atoms with Gasteiger partial charge in [-0.2, -0.15) is 0 Å². The molecule has 0 saturated carbocycles. The summed E-state index contributed by atoms with van der Waals surface area (Å²) >= 11 is 0. The summed E-state index contributed by atoms with van der Waals surface area (Å²) in [6.07, 6.45) is 2.23. The molecule has 0 radical (unpaired) electrons. The quantitative estimate of drug-likeness (QED) is 0.896. The number of carbonyl (C=O) groups is 1. The smallest absolute Gasteiger partial charge is 0.251 e. The van der Waals surface area contributed by atoms with Crippen LogP contribution in [0.4, 0.5) is 4.39 Å². The zero-order chi connectivity index (χ0) is 13.0. The fraction of sp³-hybridized carbons (Fsp3) is 0.500. The minimum absolute atomic E-state index is 0. The van der Waals surface area contributed by atoms with E-state index in [9.17, 15) is 9.18 Å². The van der Waals surface area contributed by atoms with Gasteiger partial charge in [0.15, 0.2) is 0 Å². The first-order valence-corrected chi connectivity index (χ1v) is 6.34. The van der Waals surface area contributed by atoms with Gasteiger partial charge in [0.2, 0.25) is 0 Å². The highest BCUT2D eigenvalue weighted by Gasteiger charge is 2.27. The van der Waals surface area contributed by atoms with Crippen molar-refractivity contribution in [2.75, 3.05) is 19.6 Å². The topological polar surface area (TPSA) is 41.1 Å². The van der Waals surface area contributed by atoms with E-state index in [1.165, 1.54) is 12.1 Å². The van der Waals surface area contributed by atoms with Gasteiger partial charge in [-0.25, -0.2) is 4.39 Å². The van der Waals surface area contributed by atoms with E-state index in [-0.39, 0.29) is 29.5 Å². The molecule has 0 aliphatic carbocycles. The van der Waals surface area contributed by atoms with Crippen LogP contribution in [0.2, 0.25) is 0 Å². The maximum Gasteiger partial charge on any atom is 0.251 e. The second kappa shape index (κ2) is 6.87. The Kier molecular flexibility index (Phi) is 5.76. The average molecular weight is 287 g/mol. The predicted molar refractivity (Wildman–Crippen MR) is 76.2 cm³/mol. The van der Waals surface area contributed by atoms with Crippen LogP contribution in [0.25, 0.3) is 0 Å². The molecule has 3 nitrogen and oxygen atoms in total. The molecule has 106 valence electrons. The summed E-state index contributed by atoms with van der Waals surface area (Å²) in [4.78, 5) is 11.9. The molecule has 0 spiro atoms. The average Bonchev–Trinajstić information content (AvgIpc) is 2.37. The lowest BCUT2D eigenvalue weighted by Crippen LogP contribution is -2.45. The SMILES string of the molecule is CC1(CNC(=O)c2cccc(F)c2)CCCNC1.Cl. The van der Waals surface area contributed by atoms with Crippen molar-refractivity contribution in [3.63, 3.8) is 0 Å². The largest absolute Gasteiger partial charge is 0.351 e. The Labute approximate surface area is 119 Å². The number of hydrogen-bond acceptors (Lipinski definition) is 2. The number of carbonyl (C=O) groups excluding carboxylic acids is 1. The van der Waals surface area contributed by atoms with Crippen LogP contribution in [0.3, 0.4) is 0 Å². The molecule has 1 aromatic rings. The molecule has 2 rings (SSSR count). The number of nitrogens with one attached hydrogen (secondary N) is 2. The number of halogens is 2. The molecule has 1 heterocycles. The van der Waals surface area contributed by atoms with Crippen molar-refractivity contribution < 1.29 is 9.18 Å². The van der Waals surface area contributed by atoms with Gasteiger partial charge in [0.1, 0.15) is 5.82 Å². The van der Waals surface area contributed by atoms with E-state index < -0.39 is 0 Å². The van der Waals surface area contributed by atoms with Crippen molar-refractivity contribution in [2.24, 2.45) is 5.41 Å². The summed E-state index contributed by atoms with van der Waals surface area (Å²) < 4.78 is 13.0. The molecule has 0 bridgehead atoms. The van der Waals surface area contributed by atoms with Gasteiger partial charge in [-0.15, -0.1) is 12.4 Å². The van der Waals surface area contributed by atoms with Crippen LogP contribution in [-0.2, 0) is 0 Å². The third-order valence-electron chi connectivity index (χ3n) is 3.45. The highest BCUT2D eigenvalue weighted by molar-refractivity contribution is 5.94. The fourth-order valence-electron chi connectivity index (χ4n) is 2.30. The number of piperidine rings is 1. The minimum atomic E-state index is -0.381. The normalized spacial score (nSPS) is 22.4. The molecule has 19 heavy (non-hydrogen) atoms. The molecule has 2 N–H and O–H groups in total. The molecule has 1 amide bonds. The highest BCUT2D eigenvalue weighted by atomic mass is 35.5. The molecule has 5 heteroatoms. The van der Waals surface area contributed by atoms with E-state index in [1.54, 1.807) is 12.1 Å². The second-order valence-corrected chi connectivity index (χ2v) is 5.28. The summed E-state index contributed by atoms with van der Waals surface area (Å²) in [5.74, 6) is -0.588. The zero-order valence-corrected chi connectivity index (χ0v) is 11.9. The lowest BCUT2D eigenvalue weighted by molar-refractivity contribution is 0.0924. The number of amides is 1. The van der Waals surface area contributed by atoms with Gasteiger partial charge in [0.05, 0.1) is 0 Å². The Morgan fingerprint density at radius 3 is 2.95 bits per heavy atom. The zero-order valence-electron chi connectivity index (χ0n) is 11.0. The Balaban J connectivity index is 0.00000180. The van der Waals surface area contributed by atoms with E-state index in [2.05, 4.69) is 17.6 Å². The Morgan fingerprint density at radius 1 is 1.53 bits per heavy atom. The second-order valence-electron chi connectivity index (χ2n) is 5.28. The van der Waals surface area contributed by atoms with Crippen molar-refractivity contribution in [1.29, 1.82) is 0 Å². The summed E-state index contributed by atoms with van der Waals surface area (Å²) in [5, 5.41) is 6.23. The van der Waals surface area contributed by atoms with Crippen LogP contribution in [-0.4, -0.2) is 25.5 Å². The Hall–Kier alpha value is -1.13. The molecule has 1 aliphatic rings. The first kappa shape index (κ1) is 15.9. The summed E-state index contributed by atoms with van der Waals surface area (Å²) in [5.41, 5.74) is 0.476. The van der Waals surface area contributed by atoms with E-state index in [0.29, 0.717) is 12.1 Å². The van der Waals surface area contributed by atoms with Crippen molar-refractivity contribution in [3.05, 3.63) is 35.6 Å². The molecule has 1 aromatic carbocycles. The fourth-order valence-corrected chi connectivity index (χ4v) is 2.30. The van der Waals surface area contributed by atoms with Crippen LogP contribution in [0.1, 0.15) is 30.1 Å². The highest BCUT2D eigenvalue weighted by Crippen LogP contribution is 2.24. The summed E-state index contributed by atoms with van der Waals surface area (Å²) in [6, 6.07) is 5.77. The number of hydrogen-bond donors (Lipinski definition) is 2. The molecular formula is C14H20ClFN2O. The van der Waals surface area contributed by atoms with Gasteiger partial charge in [0.25, 0.3) is 5.91 Å². The standard InChI is InChI=1S/C14H19FN2O.ClH/c1-14(6-3-7-16-9-14)10-17-13(18)11-4-2-5-12(15)8-11;/h2,4-5,8,16H,3,6-7,9-10H2,1H3,(H,17,18);1H. The number of rotatable bonds is 3.